The molecule has 0 bridgehead atoms. The molecule has 3 rings (SSSR count). The molecule has 2 amide bonds. The maximum absolute atomic E-state index is 12.7. The molecule has 1 heterocycles. The summed E-state index contributed by atoms with van der Waals surface area (Å²) >= 11 is 0. The van der Waals surface area contributed by atoms with Crippen molar-refractivity contribution < 1.29 is 14.3 Å². The van der Waals surface area contributed by atoms with Crippen LogP contribution in [0.4, 0.5) is 5.69 Å². The lowest BCUT2D eigenvalue weighted by molar-refractivity contribution is -0.128. The Balaban J connectivity index is 1.70. The van der Waals surface area contributed by atoms with Crippen molar-refractivity contribution in [2.75, 3.05) is 32.1 Å². The van der Waals surface area contributed by atoms with E-state index in [1.54, 1.807) is 11.0 Å². The van der Waals surface area contributed by atoms with E-state index in [2.05, 4.69) is 10.2 Å². The van der Waals surface area contributed by atoms with E-state index in [0.717, 1.165) is 5.56 Å². The van der Waals surface area contributed by atoms with Crippen LogP contribution in [-0.2, 0) is 9.59 Å². The summed E-state index contributed by atoms with van der Waals surface area (Å²) in [4.78, 5) is 28.4. The van der Waals surface area contributed by atoms with Gasteiger partial charge in [-0.05, 0) is 31.8 Å². The first-order valence-electron chi connectivity index (χ1n) is 9.00. The first kappa shape index (κ1) is 18.9. The fourth-order valence-corrected chi connectivity index (χ4v) is 3.25. The first-order chi connectivity index (χ1) is 13.0. The lowest BCUT2D eigenvalue weighted by Gasteiger charge is -2.34. The highest BCUT2D eigenvalue weighted by atomic mass is 16.5. The number of benzene rings is 2. The molecule has 0 saturated heterocycles. The van der Waals surface area contributed by atoms with Crippen molar-refractivity contribution >= 4 is 17.5 Å². The van der Waals surface area contributed by atoms with Crippen LogP contribution in [0.1, 0.15) is 18.5 Å². The predicted octanol–water partition coefficient (Wildman–Crippen LogP) is 2.22. The van der Waals surface area contributed by atoms with Gasteiger partial charge in [-0.2, -0.15) is 0 Å². The average Bonchev–Trinajstić information content (AvgIpc) is 2.67. The fourth-order valence-electron chi connectivity index (χ4n) is 3.25. The molecule has 1 N–H and O–H groups in total. The first-order valence-corrected chi connectivity index (χ1v) is 9.00. The van der Waals surface area contributed by atoms with Gasteiger partial charge in [-0.15, -0.1) is 0 Å². The van der Waals surface area contributed by atoms with Crippen LogP contribution in [-0.4, -0.2) is 50.0 Å². The Morgan fingerprint density at radius 3 is 2.48 bits per heavy atom. The van der Waals surface area contributed by atoms with E-state index < -0.39 is 6.10 Å². The minimum Gasteiger partial charge on any atom is -0.477 e. The summed E-state index contributed by atoms with van der Waals surface area (Å²) in [7, 11) is 3.96. The molecule has 0 radical (unpaired) electrons. The number of carbonyl (C=O) groups excluding carboxylic acids is 2. The number of fused-ring (bicyclic) bond motifs is 1. The van der Waals surface area contributed by atoms with Gasteiger partial charge in [-0.1, -0.05) is 42.5 Å². The number of amides is 2. The second kappa shape index (κ2) is 8.22. The number of hydrogen-bond acceptors (Lipinski definition) is 4. The third-order valence-electron chi connectivity index (χ3n) is 4.72. The molecule has 0 saturated carbocycles. The summed E-state index contributed by atoms with van der Waals surface area (Å²) in [5.41, 5.74) is 1.83. The zero-order valence-electron chi connectivity index (χ0n) is 15.9. The summed E-state index contributed by atoms with van der Waals surface area (Å²) in [5.74, 6) is 0.212. The van der Waals surface area contributed by atoms with Gasteiger partial charge in [-0.3, -0.25) is 9.59 Å². The zero-order chi connectivity index (χ0) is 19.4. The van der Waals surface area contributed by atoms with E-state index in [4.69, 9.17) is 4.74 Å². The summed E-state index contributed by atoms with van der Waals surface area (Å²) in [6.45, 7) is 2.15. The van der Waals surface area contributed by atoms with Crippen molar-refractivity contribution in [3.05, 3.63) is 60.2 Å². The van der Waals surface area contributed by atoms with Gasteiger partial charge in [0.2, 0.25) is 5.91 Å². The van der Waals surface area contributed by atoms with Gasteiger partial charge in [0, 0.05) is 13.5 Å². The predicted molar refractivity (Wildman–Crippen MR) is 105 cm³/mol. The molecule has 2 aromatic carbocycles. The second-order valence-electron chi connectivity index (χ2n) is 6.84. The highest BCUT2D eigenvalue weighted by Crippen LogP contribution is 2.33. The van der Waals surface area contributed by atoms with Gasteiger partial charge < -0.3 is 19.9 Å². The van der Waals surface area contributed by atoms with Crippen LogP contribution in [0.25, 0.3) is 0 Å². The number of rotatable bonds is 5. The standard InChI is InChI=1S/C21H25N3O3/c1-15(25)24-14-20(27-19-12-8-7-11-17(19)24)21(26)22-13-18(23(2)3)16-9-5-4-6-10-16/h4-12,18,20H,13-14H2,1-3H3,(H,22,26). The highest BCUT2D eigenvalue weighted by molar-refractivity contribution is 5.95. The molecule has 27 heavy (non-hydrogen) atoms. The third kappa shape index (κ3) is 4.28. The molecule has 0 fully saturated rings. The number of nitrogens with one attached hydrogen (secondary N) is 1. The van der Waals surface area contributed by atoms with Crippen LogP contribution in [0, 0.1) is 0 Å². The lowest BCUT2D eigenvalue weighted by atomic mass is 10.1. The monoisotopic (exact) mass is 367 g/mol. The molecule has 2 unspecified atom stereocenters. The van der Waals surface area contributed by atoms with Crippen LogP contribution in [0.3, 0.4) is 0 Å². The molecule has 2 atom stereocenters. The van der Waals surface area contributed by atoms with Crippen molar-refractivity contribution in [2.24, 2.45) is 0 Å². The number of likely N-dealkylation sites (N-methyl/N-ethyl adjacent to an activating group) is 1. The van der Waals surface area contributed by atoms with Gasteiger partial charge in [0.1, 0.15) is 5.75 Å². The topological polar surface area (TPSA) is 61.9 Å². The van der Waals surface area contributed by atoms with Gasteiger partial charge >= 0.3 is 0 Å². The third-order valence-corrected chi connectivity index (χ3v) is 4.72. The van der Waals surface area contributed by atoms with Gasteiger partial charge in [0.25, 0.3) is 5.91 Å². The van der Waals surface area contributed by atoms with Crippen molar-refractivity contribution in [3.63, 3.8) is 0 Å². The van der Waals surface area contributed by atoms with Crippen LogP contribution >= 0.6 is 0 Å². The molecule has 0 spiro atoms. The minimum atomic E-state index is -0.734. The number of hydrogen-bond donors (Lipinski definition) is 1. The number of anilines is 1. The summed E-state index contributed by atoms with van der Waals surface area (Å²) in [6, 6.07) is 17.4. The zero-order valence-corrected chi connectivity index (χ0v) is 15.9. The van der Waals surface area contributed by atoms with Crippen molar-refractivity contribution in [1.82, 2.24) is 10.2 Å². The molecule has 1 aliphatic rings. The minimum absolute atomic E-state index is 0.0509. The number of ether oxygens (including phenoxy) is 1. The Kier molecular flexibility index (Phi) is 5.76. The average molecular weight is 367 g/mol. The van der Waals surface area contributed by atoms with Crippen LogP contribution in [0.15, 0.2) is 54.6 Å². The molecular weight excluding hydrogens is 342 g/mol. The normalized spacial score (nSPS) is 17.0. The van der Waals surface area contributed by atoms with E-state index in [-0.39, 0.29) is 24.4 Å². The Morgan fingerprint density at radius 2 is 1.81 bits per heavy atom. The number of para-hydroxylation sites is 2. The van der Waals surface area contributed by atoms with Crippen LogP contribution in [0.2, 0.25) is 0 Å². The number of nitrogens with zero attached hydrogens (tertiary/aromatic N) is 2. The van der Waals surface area contributed by atoms with Gasteiger partial charge in [0.05, 0.1) is 18.3 Å². The molecule has 0 aliphatic carbocycles. The molecule has 1 aliphatic heterocycles. The van der Waals surface area contributed by atoms with Gasteiger partial charge in [-0.25, -0.2) is 0 Å². The number of carbonyl (C=O) groups is 2. The van der Waals surface area contributed by atoms with Crippen molar-refractivity contribution in [3.8, 4) is 5.75 Å². The molecule has 6 nitrogen and oxygen atoms in total. The Bertz CT molecular complexity index is 807. The van der Waals surface area contributed by atoms with E-state index in [9.17, 15) is 9.59 Å². The van der Waals surface area contributed by atoms with Crippen LogP contribution in [0.5, 0.6) is 5.75 Å². The smallest absolute Gasteiger partial charge is 0.263 e. The van der Waals surface area contributed by atoms with E-state index in [1.807, 2.05) is 62.6 Å². The summed E-state index contributed by atoms with van der Waals surface area (Å²) < 4.78 is 5.85. The Morgan fingerprint density at radius 1 is 1.15 bits per heavy atom. The van der Waals surface area contributed by atoms with E-state index in [0.29, 0.717) is 18.0 Å². The molecular formula is C21H25N3O3. The summed E-state index contributed by atoms with van der Waals surface area (Å²) in [5, 5.41) is 2.98. The van der Waals surface area contributed by atoms with Crippen LogP contribution < -0.4 is 15.0 Å². The maximum atomic E-state index is 12.7. The molecule has 6 heteroatoms. The van der Waals surface area contributed by atoms with E-state index >= 15 is 0 Å². The Hall–Kier alpha value is -2.86. The van der Waals surface area contributed by atoms with Crippen molar-refractivity contribution in [1.29, 1.82) is 0 Å². The molecule has 142 valence electrons. The quantitative estimate of drug-likeness (QED) is 0.880. The van der Waals surface area contributed by atoms with E-state index in [1.165, 1.54) is 6.92 Å². The summed E-state index contributed by atoms with van der Waals surface area (Å²) in [6.07, 6.45) is -0.734. The fraction of sp³-hybridized carbons (Fsp3) is 0.333. The molecule has 2 aromatic rings. The largest absolute Gasteiger partial charge is 0.477 e. The van der Waals surface area contributed by atoms with Crippen molar-refractivity contribution in [2.45, 2.75) is 19.1 Å². The second-order valence-corrected chi connectivity index (χ2v) is 6.84. The Labute approximate surface area is 159 Å². The lowest BCUT2D eigenvalue weighted by Crippen LogP contribution is -2.51. The highest BCUT2D eigenvalue weighted by Gasteiger charge is 2.32. The SMILES string of the molecule is CC(=O)N1CC(C(=O)NCC(c2ccccc2)N(C)C)Oc2ccccc21. The maximum Gasteiger partial charge on any atom is 0.263 e. The van der Waals surface area contributed by atoms with Gasteiger partial charge in [0.15, 0.2) is 6.10 Å². The molecule has 0 aromatic heterocycles.